The van der Waals surface area contributed by atoms with Gasteiger partial charge in [-0.3, -0.25) is 14.9 Å². The summed E-state index contributed by atoms with van der Waals surface area (Å²) in [5.74, 6) is 0.181. The van der Waals surface area contributed by atoms with Crippen LogP contribution in [0.15, 0.2) is 35.3 Å². The summed E-state index contributed by atoms with van der Waals surface area (Å²) >= 11 is 0. The fourth-order valence-corrected chi connectivity index (χ4v) is 4.11. The highest BCUT2D eigenvalue weighted by atomic mass is 28.3. The van der Waals surface area contributed by atoms with Crippen molar-refractivity contribution in [2.45, 2.75) is 65.3 Å². The predicted octanol–water partition coefficient (Wildman–Crippen LogP) is 4.78. The second-order valence-corrected chi connectivity index (χ2v) is 16.0. The van der Waals surface area contributed by atoms with Crippen LogP contribution >= 0.6 is 0 Å². The first-order valence-electron chi connectivity index (χ1n) is 11.0. The molecule has 0 bridgehead atoms. The minimum Gasteiger partial charge on any atom is -0.486 e. The Morgan fingerprint density at radius 2 is 1.94 bits per heavy atom. The lowest BCUT2D eigenvalue weighted by molar-refractivity contribution is -0.386. The maximum Gasteiger partial charge on any atom is 0.334 e. The van der Waals surface area contributed by atoms with Gasteiger partial charge in [0.1, 0.15) is 29.5 Å². The lowest BCUT2D eigenvalue weighted by atomic mass is 10.2. The molecule has 0 aliphatic carbocycles. The van der Waals surface area contributed by atoms with Crippen molar-refractivity contribution in [2.75, 3.05) is 6.61 Å². The van der Waals surface area contributed by atoms with E-state index in [0.717, 1.165) is 12.1 Å². The van der Waals surface area contributed by atoms with E-state index in [1.54, 1.807) is 4.57 Å². The number of rotatable bonds is 9. The lowest BCUT2D eigenvalue weighted by Crippen LogP contribution is -2.24. The van der Waals surface area contributed by atoms with Gasteiger partial charge in [0.05, 0.1) is 17.0 Å². The smallest absolute Gasteiger partial charge is 0.334 e. The molecule has 0 radical (unpaired) electrons. The summed E-state index contributed by atoms with van der Waals surface area (Å²) in [5.41, 5.74) is -0.975. The number of halogens is 1. The Hall–Kier alpha value is -3.05. The first kappa shape index (κ1) is 25.6. The molecule has 11 heteroatoms. The molecule has 184 valence electrons. The van der Waals surface area contributed by atoms with Gasteiger partial charge in [0.25, 0.3) is 0 Å². The number of hydrogen-bond donors (Lipinski definition) is 0. The van der Waals surface area contributed by atoms with Crippen LogP contribution in [0.25, 0.3) is 11.0 Å². The van der Waals surface area contributed by atoms with Crippen LogP contribution in [0.5, 0.6) is 5.75 Å². The molecular weight excluding hydrogens is 459 g/mol. The molecule has 0 amide bonds. The highest BCUT2D eigenvalue weighted by Crippen LogP contribution is 2.31. The van der Waals surface area contributed by atoms with Crippen LogP contribution in [0.2, 0.25) is 25.7 Å². The molecule has 2 aromatic heterocycles. The van der Waals surface area contributed by atoms with E-state index in [9.17, 15) is 19.3 Å². The van der Waals surface area contributed by atoms with Gasteiger partial charge in [-0.15, -0.1) is 0 Å². The van der Waals surface area contributed by atoms with Crippen LogP contribution in [0, 0.1) is 15.9 Å². The highest BCUT2D eigenvalue weighted by molar-refractivity contribution is 6.76. The van der Waals surface area contributed by atoms with Crippen molar-refractivity contribution < 1.29 is 18.8 Å². The Morgan fingerprint density at radius 1 is 1.24 bits per heavy atom. The Kier molecular flexibility index (Phi) is 7.27. The van der Waals surface area contributed by atoms with Gasteiger partial charge in [-0.25, -0.2) is 9.37 Å². The number of nitrogens with zero attached hydrogens (tertiary/aromatic N) is 4. The van der Waals surface area contributed by atoms with E-state index < -0.39 is 35.7 Å². The number of hydrogen-bond acceptors (Lipinski definition) is 6. The minimum absolute atomic E-state index is 0.0524. The number of nitro groups is 1. The van der Waals surface area contributed by atoms with Crippen LogP contribution in [-0.2, 0) is 18.0 Å². The van der Waals surface area contributed by atoms with Crippen LogP contribution in [0.1, 0.15) is 26.6 Å². The molecule has 0 spiro atoms. The van der Waals surface area contributed by atoms with Crippen LogP contribution < -0.4 is 10.3 Å². The quantitative estimate of drug-likeness (QED) is 0.185. The predicted molar refractivity (Wildman–Crippen MR) is 131 cm³/mol. The molecule has 3 rings (SSSR count). The summed E-state index contributed by atoms with van der Waals surface area (Å²) in [6.07, 6.45) is 1.46. The van der Waals surface area contributed by atoms with Gasteiger partial charge in [0.2, 0.25) is 0 Å². The Labute approximate surface area is 198 Å². The van der Waals surface area contributed by atoms with Gasteiger partial charge in [0.15, 0.2) is 5.75 Å². The van der Waals surface area contributed by atoms with Crippen LogP contribution in [-0.4, -0.2) is 39.3 Å². The zero-order valence-electron chi connectivity index (χ0n) is 20.4. The third kappa shape index (κ3) is 6.29. The molecule has 0 fully saturated rings. The molecule has 2 heterocycles. The molecule has 0 aliphatic rings. The van der Waals surface area contributed by atoms with Gasteiger partial charge in [-0.05, 0) is 32.9 Å². The van der Waals surface area contributed by atoms with E-state index in [1.807, 2.05) is 20.8 Å². The van der Waals surface area contributed by atoms with E-state index >= 15 is 0 Å². The molecule has 3 aromatic rings. The molecule has 9 nitrogen and oxygen atoms in total. The molecule has 0 N–H and O–H groups in total. The van der Waals surface area contributed by atoms with E-state index in [0.29, 0.717) is 23.5 Å². The van der Waals surface area contributed by atoms with Crippen molar-refractivity contribution in [1.82, 2.24) is 14.1 Å². The monoisotopic (exact) mass is 490 g/mol. The van der Waals surface area contributed by atoms with Crippen LogP contribution in [0.4, 0.5) is 10.1 Å². The molecule has 34 heavy (non-hydrogen) atoms. The Bertz CT molecular complexity index is 1260. The fraction of sp³-hybridized carbons (Fsp3) is 0.478. The van der Waals surface area contributed by atoms with Crippen molar-refractivity contribution in [3.63, 3.8) is 0 Å². The summed E-state index contributed by atoms with van der Waals surface area (Å²) in [6, 6.07) is 6.17. The van der Waals surface area contributed by atoms with Crippen molar-refractivity contribution >= 4 is 24.8 Å². The van der Waals surface area contributed by atoms with E-state index in [2.05, 4.69) is 24.6 Å². The molecule has 0 saturated carbocycles. The molecule has 0 aliphatic heterocycles. The maximum absolute atomic E-state index is 14.6. The normalized spacial score (nSPS) is 12.3. The van der Waals surface area contributed by atoms with Gasteiger partial charge in [0, 0.05) is 39.1 Å². The summed E-state index contributed by atoms with van der Waals surface area (Å²) in [4.78, 5) is 27.7. The van der Waals surface area contributed by atoms with E-state index in [4.69, 9.17) is 9.47 Å². The standard InChI is InChI=1S/C23H31FN4O5Si/c1-23(2,3)33-19-13-16(24)12-18-21(19)25-20(27(18)15-32-10-11-34(4,5)6)14-26-9-7-8-17(22(26)29)28(30)31/h7-9,12-13H,10-11,14-15H2,1-6H3. The number of fused-ring (bicyclic) bond motifs is 1. The SMILES string of the molecule is CC(C)(C)Oc1cc(F)cc2c1nc(Cn1cccc([N+](=O)[O-])c1=O)n2COCC[Si](C)(C)C. The third-order valence-electron chi connectivity index (χ3n) is 5.00. The number of benzene rings is 1. The second-order valence-electron chi connectivity index (χ2n) is 10.4. The summed E-state index contributed by atoms with van der Waals surface area (Å²) < 4.78 is 29.3. The maximum atomic E-state index is 14.6. The molecular formula is C23H31FN4O5Si. The lowest BCUT2D eigenvalue weighted by Gasteiger charge is -2.21. The second kappa shape index (κ2) is 9.67. The molecule has 1 aromatic carbocycles. The van der Waals surface area contributed by atoms with Crippen molar-refractivity contribution in [1.29, 1.82) is 0 Å². The zero-order valence-corrected chi connectivity index (χ0v) is 21.4. The molecule has 0 unspecified atom stereocenters. The van der Waals surface area contributed by atoms with Crippen molar-refractivity contribution in [3.05, 3.63) is 62.6 Å². The van der Waals surface area contributed by atoms with Crippen LogP contribution in [0.3, 0.4) is 0 Å². The minimum atomic E-state index is -1.32. The van der Waals surface area contributed by atoms with E-state index in [-0.39, 0.29) is 19.0 Å². The summed E-state index contributed by atoms with van der Waals surface area (Å²) in [7, 11) is -1.32. The van der Waals surface area contributed by atoms with E-state index in [1.165, 1.54) is 29.0 Å². The molecule has 0 saturated heterocycles. The Morgan fingerprint density at radius 3 is 2.56 bits per heavy atom. The average Bonchev–Trinajstić information content (AvgIpc) is 3.02. The number of ether oxygens (including phenoxy) is 2. The number of pyridine rings is 1. The first-order valence-corrected chi connectivity index (χ1v) is 14.8. The number of imidazole rings is 1. The van der Waals surface area contributed by atoms with Gasteiger partial charge < -0.3 is 18.6 Å². The van der Waals surface area contributed by atoms with Gasteiger partial charge in [-0.2, -0.15) is 0 Å². The van der Waals surface area contributed by atoms with Gasteiger partial charge in [-0.1, -0.05) is 19.6 Å². The highest BCUT2D eigenvalue weighted by Gasteiger charge is 2.22. The number of aromatic nitrogens is 3. The molecule has 0 atom stereocenters. The average molecular weight is 491 g/mol. The largest absolute Gasteiger partial charge is 0.486 e. The first-order chi connectivity index (χ1) is 15.7. The Balaban J connectivity index is 2.08. The topological polar surface area (TPSA) is 101 Å². The summed E-state index contributed by atoms with van der Waals surface area (Å²) in [5, 5.41) is 11.2. The third-order valence-corrected chi connectivity index (χ3v) is 6.71. The van der Waals surface area contributed by atoms with Crippen molar-refractivity contribution in [3.8, 4) is 5.75 Å². The van der Waals surface area contributed by atoms with Gasteiger partial charge >= 0.3 is 11.2 Å². The fourth-order valence-electron chi connectivity index (χ4n) is 3.35. The summed E-state index contributed by atoms with van der Waals surface area (Å²) in [6.45, 7) is 12.9. The zero-order chi connectivity index (χ0) is 25.3. The van der Waals surface area contributed by atoms with Crippen molar-refractivity contribution in [2.24, 2.45) is 0 Å².